The van der Waals surface area contributed by atoms with Crippen molar-refractivity contribution in [1.29, 1.82) is 0 Å². The lowest BCUT2D eigenvalue weighted by atomic mass is 9.98. The molecule has 0 aromatic carbocycles. The maximum absolute atomic E-state index is 10.6. The third-order valence-electron chi connectivity index (χ3n) is 1.53. The lowest BCUT2D eigenvalue weighted by Crippen LogP contribution is -2.20. The summed E-state index contributed by atoms with van der Waals surface area (Å²) in [6.07, 6.45) is 9.00. The SMILES string of the molecule is O=C(Cl)CC1(Br)C=CC=CC1. The molecule has 1 unspecified atom stereocenters. The van der Waals surface area contributed by atoms with Crippen molar-refractivity contribution in [3.63, 3.8) is 0 Å². The van der Waals surface area contributed by atoms with E-state index < -0.39 is 0 Å². The summed E-state index contributed by atoms with van der Waals surface area (Å²) < 4.78 is -0.236. The van der Waals surface area contributed by atoms with Crippen LogP contribution in [-0.4, -0.2) is 9.57 Å². The first kappa shape index (κ1) is 9.01. The van der Waals surface area contributed by atoms with Crippen molar-refractivity contribution in [2.75, 3.05) is 0 Å². The summed E-state index contributed by atoms with van der Waals surface area (Å²) in [5.74, 6) is 0. The first-order valence-corrected chi connectivity index (χ1v) is 4.51. The fraction of sp³-hybridized carbons (Fsp3) is 0.375. The molecule has 0 N–H and O–H groups in total. The van der Waals surface area contributed by atoms with Gasteiger partial charge in [0, 0.05) is 6.42 Å². The number of hydrogen-bond acceptors (Lipinski definition) is 1. The average Bonchev–Trinajstić information content (AvgIpc) is 1.85. The Morgan fingerprint density at radius 1 is 1.64 bits per heavy atom. The van der Waals surface area contributed by atoms with E-state index >= 15 is 0 Å². The number of allylic oxidation sites excluding steroid dienone is 4. The Kier molecular flexibility index (Phi) is 2.90. The van der Waals surface area contributed by atoms with E-state index in [1.165, 1.54) is 0 Å². The number of carbonyl (C=O) groups excluding carboxylic acids is 1. The van der Waals surface area contributed by atoms with E-state index in [0.29, 0.717) is 6.42 Å². The molecule has 1 aliphatic carbocycles. The molecule has 1 nitrogen and oxygen atoms in total. The number of alkyl halides is 1. The summed E-state index contributed by atoms with van der Waals surface area (Å²) in [4.78, 5) is 10.6. The molecule has 0 aliphatic heterocycles. The van der Waals surface area contributed by atoms with Gasteiger partial charge in [-0.05, 0) is 18.0 Å². The molecular formula is C8H8BrClO. The summed E-state index contributed by atoms with van der Waals surface area (Å²) in [5.41, 5.74) is 0. The van der Waals surface area contributed by atoms with E-state index in [1.54, 1.807) is 0 Å². The zero-order chi connectivity index (χ0) is 8.32. The van der Waals surface area contributed by atoms with Crippen LogP contribution in [-0.2, 0) is 4.79 Å². The van der Waals surface area contributed by atoms with Crippen LogP contribution in [0.1, 0.15) is 12.8 Å². The Morgan fingerprint density at radius 3 is 2.82 bits per heavy atom. The van der Waals surface area contributed by atoms with Gasteiger partial charge in [0.05, 0.1) is 4.32 Å². The predicted molar refractivity (Wildman–Crippen MR) is 50.0 cm³/mol. The van der Waals surface area contributed by atoms with Gasteiger partial charge in [0.15, 0.2) is 0 Å². The highest BCUT2D eigenvalue weighted by atomic mass is 79.9. The standard InChI is InChI=1S/C8H8BrClO/c9-8(6-7(10)11)4-2-1-3-5-8/h1-4H,5-6H2. The van der Waals surface area contributed by atoms with Crippen molar-refractivity contribution < 1.29 is 4.79 Å². The van der Waals surface area contributed by atoms with Gasteiger partial charge in [0.25, 0.3) is 0 Å². The van der Waals surface area contributed by atoms with Gasteiger partial charge in [0.2, 0.25) is 5.24 Å². The molecule has 0 amide bonds. The second-order valence-electron chi connectivity index (χ2n) is 2.56. The Bertz CT molecular complexity index is 222. The van der Waals surface area contributed by atoms with E-state index in [2.05, 4.69) is 15.9 Å². The molecule has 11 heavy (non-hydrogen) atoms. The molecule has 1 rings (SSSR count). The van der Waals surface area contributed by atoms with E-state index in [9.17, 15) is 4.79 Å². The average molecular weight is 236 g/mol. The topological polar surface area (TPSA) is 17.1 Å². The number of hydrogen-bond donors (Lipinski definition) is 0. The van der Waals surface area contributed by atoms with Crippen LogP contribution in [0.5, 0.6) is 0 Å². The molecule has 1 atom stereocenters. The zero-order valence-electron chi connectivity index (χ0n) is 5.89. The van der Waals surface area contributed by atoms with Crippen LogP contribution in [0.4, 0.5) is 0 Å². The molecule has 0 fully saturated rings. The van der Waals surface area contributed by atoms with Gasteiger partial charge < -0.3 is 0 Å². The maximum atomic E-state index is 10.6. The maximum Gasteiger partial charge on any atom is 0.223 e. The van der Waals surface area contributed by atoms with Crippen LogP contribution in [0, 0.1) is 0 Å². The van der Waals surface area contributed by atoms with E-state index in [0.717, 1.165) is 6.42 Å². The highest BCUT2D eigenvalue weighted by Crippen LogP contribution is 2.32. The highest BCUT2D eigenvalue weighted by Gasteiger charge is 2.25. The molecule has 0 aromatic rings. The minimum Gasteiger partial charge on any atom is -0.281 e. The smallest absolute Gasteiger partial charge is 0.223 e. The van der Waals surface area contributed by atoms with Crippen LogP contribution in [0.2, 0.25) is 0 Å². The van der Waals surface area contributed by atoms with E-state index in [1.807, 2.05) is 24.3 Å². The Hall–Kier alpha value is -0.0800. The van der Waals surface area contributed by atoms with Gasteiger partial charge in [-0.25, -0.2) is 0 Å². The lowest BCUT2D eigenvalue weighted by molar-refractivity contribution is -0.111. The summed E-state index contributed by atoms with van der Waals surface area (Å²) in [6, 6.07) is 0. The summed E-state index contributed by atoms with van der Waals surface area (Å²) in [7, 11) is 0. The van der Waals surface area contributed by atoms with Gasteiger partial charge in [-0.15, -0.1) is 0 Å². The van der Waals surface area contributed by atoms with Crippen molar-refractivity contribution in [1.82, 2.24) is 0 Å². The fourth-order valence-corrected chi connectivity index (χ4v) is 1.99. The molecule has 0 spiro atoms. The molecule has 0 saturated carbocycles. The Balaban J connectivity index is 2.61. The molecule has 0 saturated heterocycles. The van der Waals surface area contributed by atoms with Gasteiger partial charge in [0.1, 0.15) is 0 Å². The first-order valence-electron chi connectivity index (χ1n) is 3.34. The Morgan fingerprint density at radius 2 is 2.36 bits per heavy atom. The molecule has 60 valence electrons. The minimum atomic E-state index is -0.304. The molecule has 1 aliphatic rings. The molecular weight excluding hydrogens is 227 g/mol. The van der Waals surface area contributed by atoms with Crippen molar-refractivity contribution >= 4 is 32.8 Å². The molecule has 3 heteroatoms. The van der Waals surface area contributed by atoms with Gasteiger partial charge in [-0.1, -0.05) is 40.2 Å². The number of rotatable bonds is 2. The normalized spacial score (nSPS) is 28.9. The first-order chi connectivity index (χ1) is 5.12. The van der Waals surface area contributed by atoms with Crippen molar-refractivity contribution in [3.8, 4) is 0 Å². The van der Waals surface area contributed by atoms with Crippen LogP contribution in [0.25, 0.3) is 0 Å². The zero-order valence-corrected chi connectivity index (χ0v) is 8.23. The van der Waals surface area contributed by atoms with E-state index in [-0.39, 0.29) is 9.57 Å². The second-order valence-corrected chi connectivity index (χ2v) is 4.56. The van der Waals surface area contributed by atoms with Gasteiger partial charge in [-0.3, -0.25) is 4.79 Å². The predicted octanol–water partition coefficient (Wildman–Crippen LogP) is 2.79. The van der Waals surface area contributed by atoms with Crippen molar-refractivity contribution in [3.05, 3.63) is 24.3 Å². The molecule has 0 heterocycles. The van der Waals surface area contributed by atoms with Crippen molar-refractivity contribution in [2.45, 2.75) is 17.2 Å². The third kappa shape index (κ3) is 2.80. The van der Waals surface area contributed by atoms with Gasteiger partial charge >= 0.3 is 0 Å². The third-order valence-corrected chi connectivity index (χ3v) is 2.53. The van der Waals surface area contributed by atoms with Crippen molar-refractivity contribution in [2.24, 2.45) is 0 Å². The molecule has 0 aromatic heterocycles. The monoisotopic (exact) mass is 234 g/mol. The van der Waals surface area contributed by atoms with Crippen LogP contribution in [0.3, 0.4) is 0 Å². The highest BCUT2D eigenvalue weighted by molar-refractivity contribution is 9.10. The Labute approximate surface area is 79.2 Å². The summed E-state index contributed by atoms with van der Waals surface area (Å²) in [5, 5.41) is -0.304. The molecule has 0 bridgehead atoms. The summed E-state index contributed by atoms with van der Waals surface area (Å²) >= 11 is 8.73. The quantitative estimate of drug-likeness (QED) is 0.531. The second kappa shape index (κ2) is 3.55. The van der Waals surface area contributed by atoms with E-state index in [4.69, 9.17) is 11.6 Å². The number of halogens is 2. The fourth-order valence-electron chi connectivity index (χ4n) is 1.00. The van der Waals surface area contributed by atoms with Crippen LogP contribution in [0.15, 0.2) is 24.3 Å². The minimum absolute atomic E-state index is 0.236. The van der Waals surface area contributed by atoms with Gasteiger partial charge in [-0.2, -0.15) is 0 Å². The largest absolute Gasteiger partial charge is 0.281 e. The number of carbonyl (C=O) groups is 1. The van der Waals surface area contributed by atoms with Crippen LogP contribution < -0.4 is 0 Å². The van der Waals surface area contributed by atoms with Crippen LogP contribution >= 0.6 is 27.5 Å². The molecule has 0 radical (unpaired) electrons. The lowest BCUT2D eigenvalue weighted by Gasteiger charge is -2.21. The summed E-state index contributed by atoms with van der Waals surface area (Å²) in [6.45, 7) is 0.